The highest BCUT2D eigenvalue weighted by atomic mass is 35.5. The Bertz CT molecular complexity index is 2920. The topological polar surface area (TPSA) is 160 Å². The fourth-order valence-corrected chi connectivity index (χ4v) is 9.44. The number of carbonyl (C=O) groups excluding carboxylic acids is 2. The number of alkyl halides is 2. The normalized spacial score (nSPS) is 22.4. The summed E-state index contributed by atoms with van der Waals surface area (Å²) in [5, 5.41) is 9.89. The van der Waals surface area contributed by atoms with Crippen LogP contribution in [-0.4, -0.2) is 64.4 Å². The number of nitrogens with zero attached hydrogens (tertiary/aromatic N) is 6. The Kier molecular flexibility index (Phi) is 9.32. The number of phenols is 1. The molecule has 2 aliphatic heterocycles. The average Bonchev–Trinajstić information content (AvgIpc) is 3.54. The SMILES string of the molecule is COc1cc2nc(CCn3c(=O)n4n(c3=O)[C@@H]3C[C@@]5(Cl)C(=O)N(c6c(F)c(F)c(F)c(F)c6F)C(=O)[C@@]5(Cl)[C@@H](c5ccc(O)cc5Cl)C3=CC4)c(=O)n(C)c2cc1OC. The standard InChI is InChI=1S/C37H26Cl3F5N6O8/c1-47-20-12-23(59-3)22(58-2)11-19(20)46-18(31(47)53)7-8-48-34(56)49-9-6-16-21(51(49)35(48)57)13-36(39)32(54)50(30-28(44)26(42)25(41)27(43)29(30)45)33(55)37(36,40)24(16)15-5-4-14(52)10-17(15)38/h4-6,10-12,21,24,52H,7-9,13H2,1-3H3/t21-,24+,36-,37+/m1/s1. The summed E-state index contributed by atoms with van der Waals surface area (Å²) in [6.45, 7) is -0.750. The average molecular weight is 884 g/mol. The molecule has 2 amide bonds. The van der Waals surface area contributed by atoms with E-state index in [1.807, 2.05) is 0 Å². The third kappa shape index (κ3) is 5.36. The van der Waals surface area contributed by atoms with Gasteiger partial charge < -0.3 is 19.1 Å². The second-order valence-electron chi connectivity index (χ2n) is 14.0. The summed E-state index contributed by atoms with van der Waals surface area (Å²) in [7, 11) is 4.33. The fraction of sp³-hybridized carbons (Fsp3) is 0.297. The number of methoxy groups -OCH3 is 2. The van der Waals surface area contributed by atoms with Crippen LogP contribution in [0.25, 0.3) is 11.0 Å². The highest BCUT2D eigenvalue weighted by molar-refractivity contribution is 6.58. The predicted octanol–water partition coefficient (Wildman–Crippen LogP) is 4.57. The van der Waals surface area contributed by atoms with Gasteiger partial charge in [-0.05, 0) is 23.3 Å². The number of amides is 2. The molecule has 2 fully saturated rings. The van der Waals surface area contributed by atoms with E-state index in [1.165, 1.54) is 38.0 Å². The Hall–Kier alpha value is -5.66. The van der Waals surface area contributed by atoms with Gasteiger partial charge in [-0.2, -0.15) is 0 Å². The molecule has 8 rings (SSSR count). The van der Waals surface area contributed by atoms with Crippen LogP contribution >= 0.6 is 34.8 Å². The van der Waals surface area contributed by atoms with Gasteiger partial charge in [0, 0.05) is 49.5 Å². The molecule has 1 aliphatic carbocycles. The summed E-state index contributed by atoms with van der Waals surface area (Å²) >= 11 is 20.8. The van der Waals surface area contributed by atoms with Crippen molar-refractivity contribution in [2.75, 3.05) is 19.1 Å². The Labute approximate surface area is 341 Å². The van der Waals surface area contributed by atoms with Crippen molar-refractivity contribution in [2.24, 2.45) is 7.05 Å². The minimum absolute atomic E-state index is 0.0267. The van der Waals surface area contributed by atoms with Gasteiger partial charge in [-0.15, -0.1) is 23.2 Å². The summed E-state index contributed by atoms with van der Waals surface area (Å²) in [4.78, 5) is 68.9. The van der Waals surface area contributed by atoms with E-state index >= 15 is 8.78 Å². The molecule has 14 nitrogen and oxygen atoms in total. The van der Waals surface area contributed by atoms with Gasteiger partial charge in [0.1, 0.15) is 17.1 Å². The summed E-state index contributed by atoms with van der Waals surface area (Å²) in [6.07, 6.45) is 0.320. The first kappa shape index (κ1) is 40.1. The van der Waals surface area contributed by atoms with Gasteiger partial charge in [0.25, 0.3) is 17.4 Å². The molecule has 4 heterocycles. The number of rotatable bonds is 7. The van der Waals surface area contributed by atoms with Crippen molar-refractivity contribution in [2.45, 2.75) is 47.6 Å². The van der Waals surface area contributed by atoms with Gasteiger partial charge in [0.15, 0.2) is 44.5 Å². The summed E-state index contributed by atoms with van der Waals surface area (Å²) in [5.74, 6) is -17.4. The number of benzene rings is 3. The van der Waals surface area contributed by atoms with Crippen LogP contribution in [0, 0.1) is 29.1 Å². The second-order valence-corrected chi connectivity index (χ2v) is 15.6. The Morgan fingerprint density at radius 3 is 2.14 bits per heavy atom. The molecule has 5 aromatic rings. The monoisotopic (exact) mass is 882 g/mol. The zero-order chi connectivity index (χ0) is 42.8. The molecule has 3 aromatic carbocycles. The first-order valence-electron chi connectivity index (χ1n) is 17.3. The summed E-state index contributed by atoms with van der Waals surface area (Å²) < 4.78 is 88.4. The molecular weight excluding hydrogens is 858 g/mol. The maximum atomic E-state index is 15.3. The third-order valence-electron chi connectivity index (χ3n) is 11.1. The molecule has 0 spiro atoms. The molecule has 1 saturated heterocycles. The minimum atomic E-state index is -2.84. The number of phenolic OH excluding ortho intramolecular Hbond substituents is 1. The van der Waals surface area contributed by atoms with Crippen molar-refractivity contribution in [3.05, 3.63) is 119 Å². The zero-order valence-electron chi connectivity index (χ0n) is 30.5. The molecular formula is C37H26Cl3F5N6O8. The van der Waals surface area contributed by atoms with Crippen molar-refractivity contribution in [3.8, 4) is 17.2 Å². The number of ether oxygens (including phenoxy) is 2. The molecule has 308 valence electrons. The number of hydrogen-bond donors (Lipinski definition) is 1. The molecule has 0 radical (unpaired) electrons. The van der Waals surface area contributed by atoms with Gasteiger partial charge >= 0.3 is 11.4 Å². The van der Waals surface area contributed by atoms with Crippen LogP contribution in [0.5, 0.6) is 17.2 Å². The molecule has 1 saturated carbocycles. The van der Waals surface area contributed by atoms with Gasteiger partial charge in [-0.1, -0.05) is 23.7 Å². The lowest BCUT2D eigenvalue weighted by Crippen LogP contribution is -2.59. The summed E-state index contributed by atoms with van der Waals surface area (Å²) in [5.41, 5.74) is -3.69. The lowest BCUT2D eigenvalue weighted by atomic mass is 9.64. The highest BCUT2D eigenvalue weighted by Crippen LogP contribution is 2.64. The Morgan fingerprint density at radius 2 is 1.51 bits per heavy atom. The van der Waals surface area contributed by atoms with Crippen LogP contribution in [0.3, 0.4) is 0 Å². The van der Waals surface area contributed by atoms with Gasteiger partial charge in [-0.25, -0.2) is 55.4 Å². The zero-order valence-corrected chi connectivity index (χ0v) is 32.7. The van der Waals surface area contributed by atoms with Crippen molar-refractivity contribution < 1.29 is 46.1 Å². The Balaban J connectivity index is 1.26. The molecule has 1 N–H and O–H groups in total. The van der Waals surface area contributed by atoms with Gasteiger partial charge in [0.05, 0.1) is 37.8 Å². The lowest BCUT2D eigenvalue weighted by molar-refractivity contribution is -0.122. The number of aromatic nitrogens is 5. The van der Waals surface area contributed by atoms with E-state index in [9.17, 15) is 42.3 Å². The fourth-order valence-electron chi connectivity index (χ4n) is 8.25. The minimum Gasteiger partial charge on any atom is -0.508 e. The molecule has 22 heteroatoms. The Morgan fingerprint density at radius 1 is 0.881 bits per heavy atom. The quantitative estimate of drug-likeness (QED) is 0.0618. The summed E-state index contributed by atoms with van der Waals surface area (Å²) in [6, 6.07) is 5.03. The van der Waals surface area contributed by atoms with E-state index in [-0.39, 0.29) is 45.5 Å². The lowest BCUT2D eigenvalue weighted by Gasteiger charge is -2.49. The maximum absolute atomic E-state index is 15.3. The number of imide groups is 1. The van der Waals surface area contributed by atoms with Crippen LogP contribution < -0.4 is 31.3 Å². The maximum Gasteiger partial charge on any atom is 0.347 e. The van der Waals surface area contributed by atoms with E-state index in [0.29, 0.717) is 22.5 Å². The van der Waals surface area contributed by atoms with Crippen molar-refractivity contribution in [1.82, 2.24) is 23.5 Å². The van der Waals surface area contributed by atoms with Crippen LogP contribution in [0.1, 0.15) is 29.6 Å². The van der Waals surface area contributed by atoms with Crippen LogP contribution in [0.15, 0.2) is 56.4 Å². The van der Waals surface area contributed by atoms with E-state index < -0.39 is 98.2 Å². The number of aromatic hydroxyl groups is 1. The van der Waals surface area contributed by atoms with E-state index in [4.69, 9.17) is 44.3 Å². The number of anilines is 1. The number of carbonyl (C=O) groups is 2. The third-order valence-corrected chi connectivity index (χ3v) is 12.8. The first-order chi connectivity index (χ1) is 27.8. The van der Waals surface area contributed by atoms with Crippen molar-refractivity contribution in [1.29, 1.82) is 0 Å². The number of aryl methyl sites for hydroxylation is 2. The van der Waals surface area contributed by atoms with Crippen LogP contribution in [0.2, 0.25) is 5.02 Å². The molecule has 59 heavy (non-hydrogen) atoms. The largest absolute Gasteiger partial charge is 0.508 e. The van der Waals surface area contributed by atoms with E-state index in [2.05, 4.69) is 4.98 Å². The molecule has 0 unspecified atom stereocenters. The highest BCUT2D eigenvalue weighted by Gasteiger charge is 2.76. The molecule has 4 atom stereocenters. The van der Waals surface area contributed by atoms with E-state index in [1.54, 1.807) is 12.1 Å². The number of allylic oxidation sites excluding steroid dienone is 2. The van der Waals surface area contributed by atoms with Gasteiger partial charge in [0.2, 0.25) is 5.82 Å². The van der Waals surface area contributed by atoms with E-state index in [0.717, 1.165) is 26.1 Å². The number of halogens is 8. The molecule has 2 aromatic heterocycles. The smallest absolute Gasteiger partial charge is 0.347 e. The van der Waals surface area contributed by atoms with Crippen molar-refractivity contribution in [3.63, 3.8) is 0 Å². The van der Waals surface area contributed by atoms with Crippen LogP contribution in [-0.2, 0) is 36.1 Å². The molecule has 3 aliphatic rings. The van der Waals surface area contributed by atoms with Crippen molar-refractivity contribution >= 4 is 63.3 Å². The van der Waals surface area contributed by atoms with Gasteiger partial charge in [-0.3, -0.25) is 14.4 Å². The number of hydrogen-bond acceptors (Lipinski definition) is 9. The first-order valence-corrected chi connectivity index (χ1v) is 18.5. The molecule has 0 bridgehead atoms. The predicted molar refractivity (Wildman–Crippen MR) is 200 cm³/mol. The van der Waals surface area contributed by atoms with Crippen LogP contribution in [0.4, 0.5) is 27.6 Å². The number of fused-ring (bicyclic) bond motifs is 5. The second kappa shape index (κ2) is 13.7.